The molecule has 0 bridgehead atoms. The molecule has 8 heterocycles. The topological polar surface area (TPSA) is 248 Å². The first-order valence-corrected chi connectivity index (χ1v) is 69.2. The monoisotopic (exact) mass is 1990 g/mol. The number of hydrogen-bond acceptors (Lipinski definition) is 15. The molecule has 0 aliphatic carbocycles. The lowest BCUT2D eigenvalue weighted by molar-refractivity contribution is 0.0673. The number of carbonyl (C=O) groups excluding carboxylic acids is 1. The summed E-state index contributed by atoms with van der Waals surface area (Å²) in [5.74, 6) is 0.0340. The van der Waals surface area contributed by atoms with E-state index in [9.17, 15) is 28.0 Å². The number of hydrogen-bond donors (Lipinski definition) is 4. The third-order valence-corrected chi connectivity index (χ3v) is 77.8. The van der Waals surface area contributed by atoms with E-state index in [2.05, 4.69) is 67.6 Å². The second kappa shape index (κ2) is 50.5. The van der Waals surface area contributed by atoms with Crippen LogP contribution >= 0.6 is 0 Å². The summed E-state index contributed by atoms with van der Waals surface area (Å²) in [7, 11) is 52.8. The van der Waals surface area contributed by atoms with Crippen molar-refractivity contribution in [1.82, 2.24) is 70.1 Å². The number of rotatable bonds is 8. The highest BCUT2D eigenvalue weighted by Gasteiger charge is 2.32. The minimum atomic E-state index is -1.31. The summed E-state index contributed by atoms with van der Waals surface area (Å²) >= 11 is 9.58. The maximum absolute atomic E-state index is 14.8. The average Bonchev–Trinajstić information content (AvgIpc) is 1.68. The molecule has 0 saturated carbocycles. The lowest BCUT2D eigenvalue weighted by atomic mass is 10.0. The molecule has 2 aliphatic rings. The Morgan fingerprint density at radius 2 is 0.883 bits per heavy atom. The maximum atomic E-state index is 14.8. The number of halogens is 2. The number of H-pyrrole nitrogens is 2. The summed E-state index contributed by atoms with van der Waals surface area (Å²) in [4.78, 5) is 57.7. The molecule has 0 radical (unpaired) electrons. The Balaban J connectivity index is 0.000000200. The summed E-state index contributed by atoms with van der Waals surface area (Å²) in [6.45, 7) is 13.5. The number of pyridine rings is 2. The summed E-state index contributed by atoms with van der Waals surface area (Å²) in [6, 6.07) is 20.1. The minimum absolute atomic E-state index is 0.00795. The Bertz CT molecular complexity index is 5990. The SMILES string of the molecule is CC1CNCc2nnc(-c3ccccn3)n21.Cc1c(Cc2ccc(F)c(C(=O)N3Cc4nnc(-c5ccccn5)n4C(C)C3)c2)n[nH]c(=O)c1C.Cc1c(Cc2ccc(F)c(C(=O)O)c2)n[nH]c(=O)c1C.S=S=S=S=S=S=S=S=S=S=S=S=S=S=S=S=S=S=S=S=S=S=S=S=S=S=S=S=S=S=S=S. The van der Waals surface area contributed by atoms with Gasteiger partial charge in [-0.1, -0.05) is 24.3 Å². The number of nitrogens with zero attached hydrogens (tertiary/aromatic N) is 11. The van der Waals surface area contributed by atoms with Crippen molar-refractivity contribution in [2.75, 3.05) is 13.1 Å². The largest absolute Gasteiger partial charge is 0.478 e. The van der Waals surface area contributed by atoms with Gasteiger partial charge in [0.25, 0.3) is 17.0 Å². The van der Waals surface area contributed by atoms with Gasteiger partial charge in [-0.25, -0.2) is 23.8 Å². The van der Waals surface area contributed by atoms with Gasteiger partial charge in [0.15, 0.2) is 17.5 Å². The quantitative estimate of drug-likeness (QED) is 0.142. The molecule has 103 heavy (non-hydrogen) atoms. The van der Waals surface area contributed by atoms with E-state index in [1.54, 1.807) is 157 Å². The molecule has 2 aromatic carbocycles. The van der Waals surface area contributed by atoms with Crippen LogP contribution in [0.15, 0.2) is 94.8 Å². The first-order chi connectivity index (χ1) is 50.0. The number of aromatic carboxylic acids is 1. The number of nitrogens with one attached hydrogen (secondary N) is 3. The first-order valence-electron chi connectivity index (χ1n) is 27.9. The van der Waals surface area contributed by atoms with Crippen molar-refractivity contribution in [3.8, 4) is 23.0 Å². The first kappa shape index (κ1) is 88.8. The van der Waals surface area contributed by atoms with Gasteiger partial charge >= 0.3 is 5.97 Å². The number of aromatic amines is 2. The zero-order valence-electron chi connectivity index (χ0n) is 52.8. The van der Waals surface area contributed by atoms with E-state index in [0.29, 0.717) is 70.8 Å². The highest BCUT2D eigenvalue weighted by atomic mass is 33.5. The van der Waals surface area contributed by atoms with Crippen LogP contribution in [0, 0.1) is 39.3 Å². The van der Waals surface area contributed by atoms with Crippen LogP contribution in [0.3, 0.4) is 0 Å². The Hall–Kier alpha value is -1.42. The molecule has 556 valence electrons. The van der Waals surface area contributed by atoms with E-state index >= 15 is 0 Å². The Morgan fingerprint density at radius 3 is 1.27 bits per heavy atom. The zero-order chi connectivity index (χ0) is 73.7. The lowest BCUT2D eigenvalue weighted by Gasteiger charge is -2.32. The van der Waals surface area contributed by atoms with Crippen LogP contribution in [0.1, 0.15) is 103 Å². The van der Waals surface area contributed by atoms with Gasteiger partial charge in [-0.05, 0) is 112 Å². The molecule has 10 rings (SSSR count). The number of aromatic nitrogens is 12. The molecular formula is C50H50F2N14O5S32. The number of carboxylic acid groups (broad SMARTS) is 1. The fraction of sp³-hybridized carbons (Fsp3) is 0.280. The van der Waals surface area contributed by atoms with Crippen LogP contribution in [0.4, 0.5) is 8.78 Å². The molecule has 0 spiro atoms. The Kier molecular flexibility index (Phi) is 43.5. The summed E-state index contributed by atoms with van der Waals surface area (Å²) in [6.07, 6.45) is 4.16. The second-order valence-electron chi connectivity index (χ2n) is 19.4. The maximum Gasteiger partial charge on any atom is 0.338 e. The number of carbonyl (C=O) groups is 2. The molecule has 8 aromatic rings. The molecule has 0 saturated heterocycles. The number of benzene rings is 2. The van der Waals surface area contributed by atoms with Gasteiger partial charge in [0, 0.05) is 344 Å². The molecule has 2 unspecified atom stereocenters. The Labute approximate surface area is 684 Å². The predicted molar refractivity (Wildman–Crippen MR) is 492 cm³/mol. The van der Waals surface area contributed by atoms with Gasteiger partial charge in [-0.3, -0.25) is 24.4 Å². The van der Waals surface area contributed by atoms with Crippen molar-refractivity contribution in [2.45, 2.75) is 79.6 Å². The molecular weight excluding hydrogens is 1940 g/mol. The van der Waals surface area contributed by atoms with Crippen molar-refractivity contribution >= 4 is 301 Å². The molecule has 53 heteroatoms. The molecule has 0 fully saturated rings. The molecule has 6 aromatic heterocycles. The van der Waals surface area contributed by atoms with Gasteiger partial charge in [0.2, 0.25) is 0 Å². The molecule has 2 aliphatic heterocycles. The van der Waals surface area contributed by atoms with E-state index < -0.39 is 23.5 Å². The van der Waals surface area contributed by atoms with Crippen LogP contribution in [-0.2, 0) is 315 Å². The normalized spacial score (nSPS) is 12.6. The van der Waals surface area contributed by atoms with Gasteiger partial charge in [-0.2, -0.15) is 10.2 Å². The van der Waals surface area contributed by atoms with E-state index in [1.807, 2.05) is 197 Å². The standard InChI is InChI=1S/C25H24FN7O2.C14H13FN2O3.C11H13N5.S32/c1-14-12-32(13-22-29-30-23(33(14)22)20-6-4-5-9-27-20)25(35)18-10-17(7-8-19(18)26)11-21-15(2)16(3)24(34)31-28-21;1-7-8(2)13(18)17-16-12(7)6-9-3-4-11(15)10(5-9)14(19)20;1-8-6-12-7-10-14-15-11(16(8)10)9-4-2-3-5-13-9;1-3-5-7-9-11-13-15-17-19-21-23-25-27-29-31-32-30-28-26-24-22-20-18-16-14-12-10-8-6-4-2/h4-10,14H,11-13H2,1-3H3,(H,31,34);3-5H,6H2,1-2H3,(H,17,18)(H,19,20);2-5,8,12H,6-7H2,1H3;. The molecule has 4 N–H and O–H groups in total. The molecule has 1 amide bonds. The smallest absolute Gasteiger partial charge is 0.338 e. The van der Waals surface area contributed by atoms with Gasteiger partial charge in [0.05, 0.1) is 41.6 Å². The van der Waals surface area contributed by atoms with Crippen LogP contribution in [0.25, 0.3) is 23.0 Å². The lowest BCUT2D eigenvalue weighted by Crippen LogP contribution is -2.41. The van der Waals surface area contributed by atoms with Crippen LogP contribution in [0.2, 0.25) is 0 Å². The third kappa shape index (κ3) is 30.3. The summed E-state index contributed by atoms with van der Waals surface area (Å²) in [5.41, 5.74) is 6.04. The molecule has 2 atom stereocenters. The van der Waals surface area contributed by atoms with Crippen molar-refractivity contribution in [3.05, 3.63) is 185 Å². The number of amides is 1. The average molecular weight is 1990 g/mol. The van der Waals surface area contributed by atoms with Crippen LogP contribution in [0.5, 0.6) is 0 Å². The van der Waals surface area contributed by atoms with E-state index in [0.717, 1.165) is 53.2 Å². The van der Waals surface area contributed by atoms with Gasteiger partial charge in [0.1, 0.15) is 28.8 Å². The van der Waals surface area contributed by atoms with E-state index in [4.69, 9.17) is 27.5 Å². The number of carboxylic acids is 1. The zero-order valence-corrected chi connectivity index (χ0v) is 78.9. The van der Waals surface area contributed by atoms with Crippen LogP contribution in [-0.4, -0.2) is 94.9 Å². The van der Waals surface area contributed by atoms with Gasteiger partial charge < -0.3 is 24.5 Å². The summed E-state index contributed by atoms with van der Waals surface area (Å²) in [5, 5.41) is 42.1. The third-order valence-electron chi connectivity index (χ3n) is 13.4. The molecule has 19 nitrogen and oxygen atoms in total. The second-order valence-corrected chi connectivity index (χ2v) is 72.5. The minimum Gasteiger partial charge on any atom is -0.478 e. The fourth-order valence-corrected chi connectivity index (χ4v) is 85.5. The van der Waals surface area contributed by atoms with Crippen molar-refractivity contribution < 1.29 is 23.5 Å². The van der Waals surface area contributed by atoms with Crippen molar-refractivity contribution in [2.24, 2.45) is 0 Å². The number of fused-ring (bicyclic) bond motifs is 2. The fourth-order valence-electron chi connectivity index (χ4n) is 8.67. The highest BCUT2D eigenvalue weighted by Crippen LogP contribution is 2.29. The summed E-state index contributed by atoms with van der Waals surface area (Å²) < 4.78 is 32.2. The predicted octanol–water partition coefficient (Wildman–Crippen LogP) is 5.73. The van der Waals surface area contributed by atoms with Crippen molar-refractivity contribution in [1.29, 1.82) is 0 Å². The van der Waals surface area contributed by atoms with E-state index in [1.165, 1.54) is 36.0 Å². The van der Waals surface area contributed by atoms with E-state index in [-0.39, 0.29) is 34.8 Å². The van der Waals surface area contributed by atoms with Gasteiger partial charge in [-0.15, -0.1) is 20.4 Å². The van der Waals surface area contributed by atoms with Crippen LogP contribution < -0.4 is 16.4 Å². The highest BCUT2D eigenvalue weighted by molar-refractivity contribution is 8.80. The Morgan fingerprint density at radius 1 is 0.505 bits per heavy atom. The van der Waals surface area contributed by atoms with Crippen molar-refractivity contribution in [3.63, 3.8) is 0 Å².